The van der Waals surface area contributed by atoms with Gasteiger partial charge in [-0.15, -0.1) is 0 Å². The minimum Gasteiger partial charge on any atom is -0.465 e. The van der Waals surface area contributed by atoms with E-state index in [0.29, 0.717) is 39.1 Å². The summed E-state index contributed by atoms with van der Waals surface area (Å²) in [7, 11) is 3.87. The van der Waals surface area contributed by atoms with Gasteiger partial charge in [0.2, 0.25) is 0 Å². The molecule has 3 atom stereocenters. The molecule has 1 aliphatic heterocycles. The topological polar surface area (TPSA) is 112 Å². The molecule has 0 amide bonds. The lowest BCUT2D eigenvalue weighted by atomic mass is 9.86. The first-order valence-corrected chi connectivity index (χ1v) is 27.8. The standard InChI is InChI=1S/C56H106N2O8/c1-10-13-16-19-21-22-23-28-36-45-64-53(61)55(4,5)40-33-26-29-35-44-63-52(60)50-46-49(65-51(59)39-43-57(8)9)47-58(50)42-34-27-25-32-41-56(6,7)54(62)66-48(37-30-18-15-12-3)38-31-24-20-17-14-11-2/h48-50H,10-47H2,1-9H3/t48?,49-,50-/m0/s1. The second kappa shape index (κ2) is 38.6. The van der Waals surface area contributed by atoms with Gasteiger partial charge in [0.15, 0.2) is 0 Å². The summed E-state index contributed by atoms with van der Waals surface area (Å²) in [5.41, 5.74) is -1.02. The summed E-state index contributed by atoms with van der Waals surface area (Å²) in [5.74, 6) is -0.628. The van der Waals surface area contributed by atoms with Crippen LogP contribution in [-0.2, 0) is 38.1 Å². The highest BCUT2D eigenvalue weighted by Crippen LogP contribution is 2.30. The lowest BCUT2D eigenvalue weighted by Crippen LogP contribution is -2.38. The van der Waals surface area contributed by atoms with Gasteiger partial charge in [0.05, 0.1) is 30.5 Å². The molecule has 1 saturated heterocycles. The number of rotatable bonds is 44. The third-order valence-electron chi connectivity index (χ3n) is 13.8. The Balaban J connectivity index is 2.52. The van der Waals surface area contributed by atoms with Gasteiger partial charge >= 0.3 is 23.9 Å². The van der Waals surface area contributed by atoms with Crippen LogP contribution in [-0.4, -0.2) is 98.9 Å². The number of ether oxygens (including phenoxy) is 4. The summed E-state index contributed by atoms with van der Waals surface area (Å²) in [6.45, 7) is 17.5. The fraction of sp³-hybridized carbons (Fsp3) is 0.929. The van der Waals surface area contributed by atoms with E-state index in [9.17, 15) is 19.2 Å². The Morgan fingerprint density at radius 3 is 1.53 bits per heavy atom. The molecule has 10 heteroatoms. The van der Waals surface area contributed by atoms with Crippen molar-refractivity contribution in [2.24, 2.45) is 10.8 Å². The van der Waals surface area contributed by atoms with E-state index in [4.69, 9.17) is 18.9 Å². The monoisotopic (exact) mass is 935 g/mol. The van der Waals surface area contributed by atoms with Gasteiger partial charge in [0.1, 0.15) is 18.2 Å². The Kier molecular flexibility index (Phi) is 36.2. The quantitative estimate of drug-likeness (QED) is 0.0332. The van der Waals surface area contributed by atoms with Gasteiger partial charge in [-0.2, -0.15) is 0 Å². The van der Waals surface area contributed by atoms with Crippen LogP contribution in [0, 0.1) is 10.8 Å². The first kappa shape index (κ1) is 61.8. The van der Waals surface area contributed by atoms with Crippen LogP contribution in [0.15, 0.2) is 0 Å². The fourth-order valence-corrected chi connectivity index (χ4v) is 9.03. The predicted octanol–water partition coefficient (Wildman–Crippen LogP) is 14.1. The predicted molar refractivity (Wildman–Crippen MR) is 273 cm³/mol. The molecule has 1 fully saturated rings. The molecule has 10 nitrogen and oxygen atoms in total. The summed E-state index contributed by atoms with van der Waals surface area (Å²) >= 11 is 0. The molecule has 0 radical (unpaired) electrons. The third-order valence-corrected chi connectivity index (χ3v) is 13.8. The molecule has 388 valence electrons. The van der Waals surface area contributed by atoms with E-state index in [-0.39, 0.29) is 36.1 Å². The van der Waals surface area contributed by atoms with Gasteiger partial charge in [-0.3, -0.25) is 24.1 Å². The summed E-state index contributed by atoms with van der Waals surface area (Å²) in [5, 5.41) is 0. The van der Waals surface area contributed by atoms with Crippen molar-refractivity contribution >= 4 is 23.9 Å². The van der Waals surface area contributed by atoms with Crippen molar-refractivity contribution in [1.82, 2.24) is 9.80 Å². The maximum atomic E-state index is 13.5. The van der Waals surface area contributed by atoms with Crippen LogP contribution in [0.25, 0.3) is 0 Å². The first-order valence-electron chi connectivity index (χ1n) is 27.8. The van der Waals surface area contributed by atoms with E-state index < -0.39 is 16.9 Å². The molecule has 0 aromatic rings. The molecule has 1 rings (SSSR count). The zero-order valence-corrected chi connectivity index (χ0v) is 44.8. The van der Waals surface area contributed by atoms with Gasteiger partial charge in [-0.1, -0.05) is 162 Å². The average Bonchev–Trinajstić information content (AvgIpc) is 3.68. The van der Waals surface area contributed by atoms with Crippen molar-refractivity contribution in [3.63, 3.8) is 0 Å². The average molecular weight is 935 g/mol. The highest BCUT2D eigenvalue weighted by atomic mass is 16.6. The molecule has 1 unspecified atom stereocenters. The van der Waals surface area contributed by atoms with Crippen LogP contribution in [0.5, 0.6) is 0 Å². The second-order valence-electron chi connectivity index (χ2n) is 21.6. The van der Waals surface area contributed by atoms with Crippen molar-refractivity contribution in [3.05, 3.63) is 0 Å². The van der Waals surface area contributed by atoms with Gasteiger partial charge in [-0.05, 0) is 106 Å². The molecule has 1 heterocycles. The number of hydrogen-bond acceptors (Lipinski definition) is 10. The van der Waals surface area contributed by atoms with Crippen LogP contribution in [0.2, 0.25) is 0 Å². The molecule has 0 aliphatic carbocycles. The maximum Gasteiger partial charge on any atom is 0.323 e. The second-order valence-corrected chi connectivity index (χ2v) is 21.6. The summed E-state index contributed by atoms with van der Waals surface area (Å²) in [6, 6.07) is -0.432. The van der Waals surface area contributed by atoms with Crippen molar-refractivity contribution < 1.29 is 38.1 Å². The molecule has 0 spiro atoms. The molecular weight excluding hydrogens is 829 g/mol. The van der Waals surface area contributed by atoms with Crippen LogP contribution in [0.3, 0.4) is 0 Å². The Morgan fingerprint density at radius 2 is 1.00 bits per heavy atom. The molecular formula is C56H106N2O8. The SMILES string of the molecule is CCCCCCCCCCCOC(=O)C(C)(C)CCCCCCOC(=O)[C@@H]1C[C@H](OC(=O)CCN(C)C)CN1CCCCCCC(C)(C)C(=O)OC(CCCCCC)CCCCCCCC. The molecule has 0 saturated carbocycles. The van der Waals surface area contributed by atoms with Crippen molar-refractivity contribution in [1.29, 1.82) is 0 Å². The smallest absolute Gasteiger partial charge is 0.323 e. The summed E-state index contributed by atoms with van der Waals surface area (Å²) in [4.78, 5) is 56.5. The Morgan fingerprint density at radius 1 is 0.561 bits per heavy atom. The number of nitrogens with zero attached hydrogens (tertiary/aromatic N) is 2. The molecule has 0 N–H and O–H groups in total. The highest BCUT2D eigenvalue weighted by Gasteiger charge is 2.39. The number of likely N-dealkylation sites (tertiary alicyclic amines) is 1. The normalized spacial score (nSPS) is 16.2. The first-order chi connectivity index (χ1) is 31.7. The Bertz CT molecular complexity index is 1240. The van der Waals surface area contributed by atoms with E-state index in [1.165, 1.54) is 96.3 Å². The van der Waals surface area contributed by atoms with Gasteiger partial charge in [-0.25, -0.2) is 0 Å². The van der Waals surface area contributed by atoms with Gasteiger partial charge < -0.3 is 23.8 Å². The number of carbonyl (C=O) groups excluding carboxylic acids is 4. The van der Waals surface area contributed by atoms with Crippen LogP contribution in [0.1, 0.15) is 260 Å². The molecule has 66 heavy (non-hydrogen) atoms. The van der Waals surface area contributed by atoms with Crippen LogP contribution >= 0.6 is 0 Å². The fourth-order valence-electron chi connectivity index (χ4n) is 9.03. The van der Waals surface area contributed by atoms with Crippen LogP contribution in [0.4, 0.5) is 0 Å². The van der Waals surface area contributed by atoms with Gasteiger partial charge in [0.25, 0.3) is 0 Å². The lowest BCUT2D eigenvalue weighted by Gasteiger charge is -2.27. The van der Waals surface area contributed by atoms with Crippen molar-refractivity contribution in [2.45, 2.75) is 279 Å². The third kappa shape index (κ3) is 31.0. The van der Waals surface area contributed by atoms with Crippen molar-refractivity contribution in [3.8, 4) is 0 Å². The minimum atomic E-state index is -0.521. The molecule has 0 aromatic carbocycles. The summed E-state index contributed by atoms with van der Waals surface area (Å²) < 4.78 is 23.6. The summed E-state index contributed by atoms with van der Waals surface area (Å²) in [6.07, 6.45) is 34.8. The van der Waals surface area contributed by atoms with Crippen LogP contribution < -0.4 is 0 Å². The Labute approximate surface area is 406 Å². The van der Waals surface area contributed by atoms with E-state index in [2.05, 4.69) is 25.7 Å². The largest absolute Gasteiger partial charge is 0.465 e. The maximum absolute atomic E-state index is 13.5. The van der Waals surface area contributed by atoms with Gasteiger partial charge in [0, 0.05) is 19.5 Å². The number of hydrogen-bond donors (Lipinski definition) is 0. The van der Waals surface area contributed by atoms with E-state index in [1.54, 1.807) is 0 Å². The van der Waals surface area contributed by atoms with E-state index in [1.807, 2.05) is 46.7 Å². The zero-order valence-electron chi connectivity index (χ0n) is 44.8. The van der Waals surface area contributed by atoms with Crippen molar-refractivity contribution in [2.75, 3.05) is 46.9 Å². The molecule has 0 bridgehead atoms. The Hall–Kier alpha value is -2.20. The highest BCUT2D eigenvalue weighted by molar-refractivity contribution is 5.77. The number of esters is 4. The molecule has 0 aromatic heterocycles. The van der Waals surface area contributed by atoms with E-state index in [0.717, 1.165) is 109 Å². The number of carbonyl (C=O) groups is 4. The lowest BCUT2D eigenvalue weighted by molar-refractivity contribution is -0.161. The minimum absolute atomic E-state index is 0.0243. The van der Waals surface area contributed by atoms with E-state index >= 15 is 0 Å². The molecule has 1 aliphatic rings. The zero-order chi connectivity index (χ0) is 48.9. The number of unbranched alkanes of at least 4 members (excludes halogenated alkanes) is 22.